The number of hydrogen-bond donors (Lipinski definition) is 1. The van der Waals surface area contributed by atoms with Crippen molar-refractivity contribution < 1.29 is 9.90 Å². The number of phenolic OH excluding ortho intramolecular Hbond substituents is 1. The smallest absolute Gasteiger partial charge is 0.162 e. The van der Waals surface area contributed by atoms with Gasteiger partial charge in [-0.1, -0.05) is 11.6 Å². The first-order chi connectivity index (χ1) is 5.52. The molecule has 1 aromatic carbocycles. The molecule has 0 spiro atoms. The molecule has 1 N–H and O–H groups in total. The topological polar surface area (TPSA) is 37.3 Å². The third kappa shape index (κ3) is 1.90. The van der Waals surface area contributed by atoms with Gasteiger partial charge in [0.05, 0.1) is 5.02 Å². The van der Waals surface area contributed by atoms with E-state index in [1.807, 2.05) is 22.6 Å². The van der Waals surface area contributed by atoms with Gasteiger partial charge in [-0.05, 0) is 41.6 Å². The van der Waals surface area contributed by atoms with Gasteiger partial charge in [0.1, 0.15) is 5.75 Å². The summed E-state index contributed by atoms with van der Waals surface area (Å²) in [5, 5.41) is 9.40. The van der Waals surface area contributed by atoms with E-state index in [1.54, 1.807) is 0 Å². The zero-order valence-electron chi connectivity index (χ0n) is 6.27. The summed E-state index contributed by atoms with van der Waals surface area (Å²) < 4.78 is 0.671. The lowest BCUT2D eigenvalue weighted by atomic mass is 10.1. The van der Waals surface area contributed by atoms with E-state index in [0.29, 0.717) is 14.2 Å². The van der Waals surface area contributed by atoms with Gasteiger partial charge >= 0.3 is 0 Å². The second kappa shape index (κ2) is 3.62. The third-order valence-corrected chi connectivity index (χ3v) is 2.53. The molecule has 0 aliphatic heterocycles. The predicted octanol–water partition coefficient (Wildman–Crippen LogP) is 2.85. The summed E-state index contributed by atoms with van der Waals surface area (Å²) >= 11 is 7.71. The van der Waals surface area contributed by atoms with Gasteiger partial charge in [0, 0.05) is 9.13 Å². The van der Waals surface area contributed by atoms with Crippen molar-refractivity contribution in [1.82, 2.24) is 0 Å². The minimum absolute atomic E-state index is 0.0781. The first kappa shape index (κ1) is 9.80. The highest BCUT2D eigenvalue weighted by Gasteiger charge is 2.11. The molecule has 1 rings (SSSR count). The molecule has 4 heteroatoms. The fourth-order valence-electron chi connectivity index (χ4n) is 0.896. The Bertz CT molecular complexity index is 313. The average molecular weight is 296 g/mol. The lowest BCUT2D eigenvalue weighted by Crippen LogP contribution is -1.96. The van der Waals surface area contributed by atoms with Crippen LogP contribution in [-0.4, -0.2) is 10.9 Å². The number of ketones is 1. The number of hydrogen-bond acceptors (Lipinski definition) is 2. The second-order valence-corrected chi connectivity index (χ2v) is 3.91. The van der Waals surface area contributed by atoms with Crippen LogP contribution in [0.5, 0.6) is 5.75 Å². The molecule has 12 heavy (non-hydrogen) atoms. The molecule has 0 bridgehead atoms. The van der Waals surface area contributed by atoms with Gasteiger partial charge in [-0.15, -0.1) is 0 Å². The number of phenols is 1. The second-order valence-electron chi connectivity index (χ2n) is 2.34. The minimum atomic E-state index is -0.0931. The molecule has 0 atom stereocenters. The van der Waals surface area contributed by atoms with Crippen LogP contribution in [0.2, 0.25) is 5.02 Å². The van der Waals surface area contributed by atoms with E-state index in [1.165, 1.54) is 19.1 Å². The fraction of sp³-hybridized carbons (Fsp3) is 0.125. The lowest BCUT2D eigenvalue weighted by Gasteiger charge is -2.03. The molecule has 0 amide bonds. The maximum atomic E-state index is 11.0. The first-order valence-corrected chi connectivity index (χ1v) is 4.67. The molecular weight excluding hydrogens is 290 g/mol. The van der Waals surface area contributed by atoms with E-state index in [2.05, 4.69) is 0 Å². The highest BCUT2D eigenvalue weighted by Crippen LogP contribution is 2.27. The van der Waals surface area contributed by atoms with Crippen LogP contribution in [-0.2, 0) is 0 Å². The molecule has 1 aromatic rings. The van der Waals surface area contributed by atoms with Crippen molar-refractivity contribution in [3.63, 3.8) is 0 Å². The first-order valence-electron chi connectivity index (χ1n) is 3.21. The van der Waals surface area contributed by atoms with Crippen molar-refractivity contribution in [3.05, 3.63) is 26.3 Å². The summed E-state index contributed by atoms with van der Waals surface area (Å²) in [6.07, 6.45) is 0. The van der Waals surface area contributed by atoms with E-state index < -0.39 is 0 Å². The summed E-state index contributed by atoms with van der Waals surface area (Å²) in [6.45, 7) is 1.44. The van der Waals surface area contributed by atoms with E-state index in [-0.39, 0.29) is 11.5 Å². The summed E-state index contributed by atoms with van der Waals surface area (Å²) in [5.74, 6) is -0.0150. The van der Waals surface area contributed by atoms with Crippen LogP contribution in [0.1, 0.15) is 17.3 Å². The molecule has 0 radical (unpaired) electrons. The average Bonchev–Trinajstić information content (AvgIpc) is 1.82. The van der Waals surface area contributed by atoms with Crippen LogP contribution in [0.4, 0.5) is 0 Å². The van der Waals surface area contributed by atoms with E-state index in [9.17, 15) is 4.79 Å². The van der Waals surface area contributed by atoms with Crippen molar-refractivity contribution in [3.8, 4) is 5.75 Å². The number of Topliss-reactive ketones (excluding diaryl/α,β-unsaturated/α-hetero) is 1. The molecule has 0 fully saturated rings. The van der Waals surface area contributed by atoms with Crippen molar-refractivity contribution >= 4 is 40.0 Å². The molecule has 2 nitrogen and oxygen atoms in total. The van der Waals surface area contributed by atoms with Crippen LogP contribution >= 0.6 is 34.2 Å². The maximum absolute atomic E-state index is 11.0. The van der Waals surface area contributed by atoms with E-state index in [0.717, 1.165) is 0 Å². The van der Waals surface area contributed by atoms with Crippen LogP contribution < -0.4 is 0 Å². The molecular formula is C8H6ClIO2. The molecule has 0 aromatic heterocycles. The number of halogens is 2. The van der Waals surface area contributed by atoms with Crippen LogP contribution in [0.25, 0.3) is 0 Å². The summed E-state index contributed by atoms with van der Waals surface area (Å²) in [5.41, 5.74) is 0.468. The number of carbonyl (C=O) groups is 1. The van der Waals surface area contributed by atoms with Gasteiger partial charge in [-0.2, -0.15) is 0 Å². The minimum Gasteiger partial charge on any atom is -0.508 e. The van der Waals surface area contributed by atoms with E-state index in [4.69, 9.17) is 16.7 Å². The van der Waals surface area contributed by atoms with Crippen LogP contribution in [0, 0.1) is 3.57 Å². The molecule has 0 saturated carbocycles. The number of benzene rings is 1. The monoisotopic (exact) mass is 296 g/mol. The Labute approximate surface area is 88.7 Å². The molecule has 0 heterocycles. The Kier molecular flexibility index (Phi) is 2.95. The number of aromatic hydroxyl groups is 1. The van der Waals surface area contributed by atoms with Gasteiger partial charge in [0.2, 0.25) is 0 Å². The molecule has 0 unspecified atom stereocenters. The lowest BCUT2D eigenvalue weighted by molar-refractivity contribution is 0.101. The number of carbonyl (C=O) groups excluding carboxylic acids is 1. The van der Waals surface area contributed by atoms with Crippen molar-refractivity contribution in [1.29, 1.82) is 0 Å². The van der Waals surface area contributed by atoms with Gasteiger partial charge in [-0.3, -0.25) is 4.79 Å². The van der Waals surface area contributed by atoms with Crippen LogP contribution in [0.15, 0.2) is 12.1 Å². The Morgan fingerprint density at radius 1 is 1.58 bits per heavy atom. The fourth-order valence-corrected chi connectivity index (χ4v) is 2.39. The molecule has 0 aliphatic carbocycles. The largest absolute Gasteiger partial charge is 0.508 e. The summed E-state index contributed by atoms with van der Waals surface area (Å²) in [7, 11) is 0. The standard InChI is InChI=1S/C8H6ClIO2/c1-4(11)8-6(9)2-5(12)3-7(8)10/h2-3,12H,1H3. The Hall–Kier alpha value is -0.290. The summed E-state index contributed by atoms with van der Waals surface area (Å²) in [6, 6.07) is 2.86. The Balaban J connectivity index is 3.38. The third-order valence-electron chi connectivity index (χ3n) is 1.38. The maximum Gasteiger partial charge on any atom is 0.162 e. The highest BCUT2D eigenvalue weighted by atomic mass is 127. The molecule has 64 valence electrons. The van der Waals surface area contributed by atoms with Crippen molar-refractivity contribution in [2.24, 2.45) is 0 Å². The van der Waals surface area contributed by atoms with Crippen molar-refractivity contribution in [2.75, 3.05) is 0 Å². The zero-order chi connectivity index (χ0) is 9.30. The summed E-state index contributed by atoms with van der Waals surface area (Å²) in [4.78, 5) is 11.0. The van der Waals surface area contributed by atoms with E-state index >= 15 is 0 Å². The zero-order valence-corrected chi connectivity index (χ0v) is 9.18. The Morgan fingerprint density at radius 3 is 2.58 bits per heavy atom. The van der Waals surface area contributed by atoms with Gasteiger partial charge in [-0.25, -0.2) is 0 Å². The highest BCUT2D eigenvalue weighted by molar-refractivity contribution is 14.1. The van der Waals surface area contributed by atoms with Gasteiger partial charge in [0.15, 0.2) is 5.78 Å². The predicted molar refractivity (Wildman–Crippen MR) is 55.8 cm³/mol. The Morgan fingerprint density at radius 2 is 2.17 bits per heavy atom. The SMILES string of the molecule is CC(=O)c1c(Cl)cc(O)cc1I. The number of rotatable bonds is 1. The van der Waals surface area contributed by atoms with Crippen molar-refractivity contribution in [2.45, 2.75) is 6.92 Å². The molecule has 0 saturated heterocycles. The normalized spacial score (nSPS) is 9.92. The molecule has 0 aliphatic rings. The van der Waals surface area contributed by atoms with Gasteiger partial charge < -0.3 is 5.11 Å². The van der Waals surface area contributed by atoms with Crippen LogP contribution in [0.3, 0.4) is 0 Å². The van der Waals surface area contributed by atoms with Gasteiger partial charge in [0.25, 0.3) is 0 Å². The quantitative estimate of drug-likeness (QED) is 0.639.